The molecular weight excluding hydrogens is 590 g/mol. The highest BCUT2D eigenvalue weighted by molar-refractivity contribution is 5.83. The summed E-state index contributed by atoms with van der Waals surface area (Å²) in [5.41, 5.74) is 11.2. The highest BCUT2D eigenvalue weighted by Crippen LogP contribution is 2.24. The van der Waals surface area contributed by atoms with E-state index in [1.54, 1.807) is 43.9 Å². The molecule has 4 heterocycles. The van der Waals surface area contributed by atoms with Crippen molar-refractivity contribution in [3.63, 3.8) is 0 Å². The molecule has 1 aliphatic rings. The maximum Gasteiger partial charge on any atom is 0.410 e. The lowest BCUT2D eigenvalue weighted by atomic mass is 10.1. The molecule has 4 rings (SSSR count). The maximum atomic E-state index is 13.6. The van der Waals surface area contributed by atoms with E-state index in [2.05, 4.69) is 25.6 Å². The van der Waals surface area contributed by atoms with Crippen molar-refractivity contribution < 1.29 is 33.8 Å². The van der Waals surface area contributed by atoms with Gasteiger partial charge in [0.05, 0.1) is 30.2 Å². The van der Waals surface area contributed by atoms with Crippen molar-refractivity contribution in [1.82, 2.24) is 44.8 Å². The Kier molecular flexibility index (Phi) is 9.73. The van der Waals surface area contributed by atoms with Gasteiger partial charge in [0.2, 0.25) is 17.7 Å². The largest absolute Gasteiger partial charge is 0.480 e. The molecule has 0 saturated carbocycles. The number of amides is 4. The van der Waals surface area contributed by atoms with E-state index >= 15 is 0 Å². The number of ether oxygens (including phenoxy) is 1. The average molecular weight is 626 g/mol. The van der Waals surface area contributed by atoms with Crippen LogP contribution in [0.5, 0.6) is 0 Å². The Bertz CT molecular complexity index is 1570. The number of rotatable bonds is 11. The van der Waals surface area contributed by atoms with Crippen LogP contribution in [-0.2, 0) is 23.9 Å². The second-order valence-electron chi connectivity index (χ2n) is 11.4. The second kappa shape index (κ2) is 13.5. The number of aliphatic carboxylic acids is 1. The number of hydrogen-bond donors (Lipinski definition) is 3. The van der Waals surface area contributed by atoms with Crippen molar-refractivity contribution in [2.24, 2.45) is 11.5 Å². The summed E-state index contributed by atoms with van der Waals surface area (Å²) in [4.78, 5) is 68.2. The van der Waals surface area contributed by atoms with Crippen LogP contribution in [0, 0.1) is 0 Å². The van der Waals surface area contributed by atoms with Crippen molar-refractivity contribution in [3.05, 3.63) is 30.6 Å². The SMILES string of the molecule is CC(C)(C)OC(=O)N1CCN(C(=O)C(CCC(N)=O)n2cc(-c3cccc(-c4cn([C@@H](CC(N)=O)C(=O)O)nn4)n3)nn2)CC1. The summed E-state index contributed by atoms with van der Waals surface area (Å²) in [5, 5.41) is 25.6. The Balaban J connectivity index is 1.51. The van der Waals surface area contributed by atoms with E-state index in [4.69, 9.17) is 16.2 Å². The molecule has 0 radical (unpaired) electrons. The first-order chi connectivity index (χ1) is 21.2. The minimum Gasteiger partial charge on any atom is -0.480 e. The molecule has 1 saturated heterocycles. The minimum absolute atomic E-state index is 0.0695. The highest BCUT2D eigenvalue weighted by Gasteiger charge is 2.32. The summed E-state index contributed by atoms with van der Waals surface area (Å²) in [5.74, 6) is -2.99. The third-order valence-corrected chi connectivity index (χ3v) is 6.81. The number of carbonyl (C=O) groups excluding carboxylic acids is 4. The molecule has 1 fully saturated rings. The van der Waals surface area contributed by atoms with E-state index in [9.17, 15) is 29.1 Å². The monoisotopic (exact) mass is 625 g/mol. The summed E-state index contributed by atoms with van der Waals surface area (Å²) in [6, 6.07) is 2.73. The number of aromatic nitrogens is 7. The van der Waals surface area contributed by atoms with Gasteiger partial charge in [-0.3, -0.25) is 14.4 Å². The van der Waals surface area contributed by atoms with Gasteiger partial charge in [0.25, 0.3) is 0 Å². The summed E-state index contributed by atoms with van der Waals surface area (Å²) in [6.45, 7) is 6.43. The first kappa shape index (κ1) is 32.5. The molecule has 240 valence electrons. The van der Waals surface area contributed by atoms with E-state index in [1.807, 2.05) is 0 Å². The smallest absolute Gasteiger partial charge is 0.410 e. The summed E-state index contributed by atoms with van der Waals surface area (Å²) < 4.78 is 7.80. The van der Waals surface area contributed by atoms with Gasteiger partial charge in [-0.2, -0.15) is 0 Å². The molecule has 0 bridgehead atoms. The molecule has 0 spiro atoms. The van der Waals surface area contributed by atoms with Crippen LogP contribution in [-0.4, -0.2) is 111 Å². The number of nitrogens with two attached hydrogens (primary N) is 2. The van der Waals surface area contributed by atoms with Crippen LogP contribution < -0.4 is 11.5 Å². The van der Waals surface area contributed by atoms with E-state index in [0.717, 1.165) is 4.68 Å². The number of hydrogen-bond acceptors (Lipinski definition) is 11. The molecule has 5 N–H and O–H groups in total. The van der Waals surface area contributed by atoms with Gasteiger partial charge < -0.3 is 31.1 Å². The van der Waals surface area contributed by atoms with Crippen LogP contribution in [0.4, 0.5) is 4.79 Å². The van der Waals surface area contributed by atoms with Crippen molar-refractivity contribution >= 4 is 29.8 Å². The molecule has 1 aliphatic heterocycles. The fraction of sp³-hybridized carbons (Fsp3) is 0.481. The third kappa shape index (κ3) is 8.36. The fourth-order valence-electron chi connectivity index (χ4n) is 4.59. The summed E-state index contributed by atoms with van der Waals surface area (Å²) >= 11 is 0. The zero-order valence-corrected chi connectivity index (χ0v) is 25.1. The Morgan fingerprint density at radius 1 is 0.844 bits per heavy atom. The average Bonchev–Trinajstić information content (AvgIpc) is 3.66. The van der Waals surface area contributed by atoms with Crippen LogP contribution >= 0.6 is 0 Å². The zero-order valence-electron chi connectivity index (χ0n) is 25.1. The molecule has 18 nitrogen and oxygen atoms in total. The molecule has 0 aromatic carbocycles. The van der Waals surface area contributed by atoms with E-state index < -0.39 is 48.0 Å². The Morgan fingerprint density at radius 3 is 1.87 bits per heavy atom. The Hall–Kier alpha value is -5.42. The lowest BCUT2D eigenvalue weighted by Crippen LogP contribution is -2.53. The fourth-order valence-corrected chi connectivity index (χ4v) is 4.59. The van der Waals surface area contributed by atoms with Gasteiger partial charge >= 0.3 is 12.1 Å². The Labute approximate surface area is 257 Å². The van der Waals surface area contributed by atoms with E-state index in [-0.39, 0.29) is 50.6 Å². The number of carboxylic acids is 1. The lowest BCUT2D eigenvalue weighted by Gasteiger charge is -2.36. The van der Waals surface area contributed by atoms with E-state index in [0.29, 0.717) is 17.1 Å². The minimum atomic E-state index is -1.33. The number of carboxylic acid groups (broad SMARTS) is 1. The van der Waals surface area contributed by atoms with Gasteiger partial charge in [0, 0.05) is 32.6 Å². The van der Waals surface area contributed by atoms with Gasteiger partial charge in [-0.15, -0.1) is 10.2 Å². The standard InChI is InChI=1S/C27H35N11O7/c1-27(2,3)45-26(44)36-11-9-35(10-12-36)24(41)20(7-8-22(28)39)37-14-18(31-33-37)16-5-4-6-17(30-16)19-15-38(34-32-19)21(25(42)43)13-23(29)40/h4-6,14-15,20-21H,7-13H2,1-3H3,(H2,28,39)(H2,29,40)(H,42,43)/t20?,21-/m0/s1. The molecule has 18 heteroatoms. The number of piperazine rings is 1. The normalized spacial score (nSPS) is 14.9. The van der Waals surface area contributed by atoms with Crippen molar-refractivity contribution in [2.45, 2.75) is 57.7 Å². The molecular formula is C27H35N11O7. The first-order valence-electron chi connectivity index (χ1n) is 14.1. The lowest BCUT2D eigenvalue weighted by molar-refractivity contribution is -0.143. The highest BCUT2D eigenvalue weighted by atomic mass is 16.6. The quantitative estimate of drug-likeness (QED) is 0.254. The first-order valence-corrected chi connectivity index (χ1v) is 14.1. The zero-order chi connectivity index (χ0) is 32.9. The topological polar surface area (TPSA) is 248 Å². The van der Waals surface area contributed by atoms with Crippen LogP contribution in [0.2, 0.25) is 0 Å². The summed E-state index contributed by atoms with van der Waals surface area (Å²) in [6.07, 6.45) is 1.95. The number of nitrogens with zero attached hydrogens (tertiary/aromatic N) is 9. The van der Waals surface area contributed by atoms with Crippen molar-refractivity contribution in [3.8, 4) is 22.8 Å². The predicted octanol–water partition coefficient (Wildman–Crippen LogP) is -0.0144. The van der Waals surface area contributed by atoms with Gasteiger partial charge in [0.15, 0.2) is 6.04 Å². The molecule has 45 heavy (non-hydrogen) atoms. The number of pyridine rings is 1. The molecule has 3 aromatic heterocycles. The van der Waals surface area contributed by atoms with Crippen molar-refractivity contribution in [2.75, 3.05) is 26.2 Å². The molecule has 2 atom stereocenters. The second-order valence-corrected chi connectivity index (χ2v) is 11.4. The third-order valence-electron chi connectivity index (χ3n) is 6.81. The molecule has 1 unspecified atom stereocenters. The van der Waals surface area contributed by atoms with Crippen LogP contribution in [0.3, 0.4) is 0 Å². The van der Waals surface area contributed by atoms with E-state index in [1.165, 1.54) is 22.0 Å². The molecule has 3 aromatic rings. The van der Waals surface area contributed by atoms with Gasteiger partial charge in [-0.25, -0.2) is 23.9 Å². The number of primary amides is 2. The summed E-state index contributed by atoms with van der Waals surface area (Å²) in [7, 11) is 0. The van der Waals surface area contributed by atoms with Gasteiger partial charge in [0.1, 0.15) is 23.0 Å². The van der Waals surface area contributed by atoms with Crippen LogP contribution in [0.15, 0.2) is 30.6 Å². The molecule has 0 aliphatic carbocycles. The predicted molar refractivity (Wildman–Crippen MR) is 155 cm³/mol. The van der Waals surface area contributed by atoms with Crippen LogP contribution in [0.1, 0.15) is 52.1 Å². The van der Waals surface area contributed by atoms with Crippen molar-refractivity contribution in [1.29, 1.82) is 0 Å². The van der Waals surface area contributed by atoms with Crippen LogP contribution in [0.25, 0.3) is 22.8 Å². The Morgan fingerprint density at radius 2 is 1.38 bits per heavy atom. The maximum absolute atomic E-state index is 13.6. The molecule has 4 amide bonds. The van der Waals surface area contributed by atoms with Gasteiger partial charge in [-0.1, -0.05) is 16.5 Å². The number of carbonyl (C=O) groups is 5. The van der Waals surface area contributed by atoms with Gasteiger partial charge in [-0.05, 0) is 39.3 Å².